The van der Waals surface area contributed by atoms with Crippen LogP contribution in [0.2, 0.25) is 0 Å². The first-order valence-corrected chi connectivity index (χ1v) is 4.39. The highest BCUT2D eigenvalue weighted by atomic mass is 35.5. The maximum atomic E-state index is 5.60. The van der Waals surface area contributed by atoms with Gasteiger partial charge in [-0.25, -0.2) is 0 Å². The lowest BCUT2D eigenvalue weighted by atomic mass is 10.3. The normalized spacial score (nSPS) is 38.4. The average molecular weight is 182 g/mol. The predicted octanol–water partition coefficient (Wildman–Crippen LogP) is 0.861. The standard InChI is InChI=1S/C6H11NOS.ClH/c1-2-7-5-6(1)8-3-4-9-6;/h7H,1-5H2;1H. The van der Waals surface area contributed by atoms with Crippen LogP contribution in [0.15, 0.2) is 0 Å². The molecule has 0 bridgehead atoms. The molecule has 10 heavy (non-hydrogen) atoms. The molecule has 1 atom stereocenters. The average Bonchev–Trinajstić information content (AvgIpc) is 2.45. The SMILES string of the molecule is C1CC2(CN1)OCCS2.Cl. The van der Waals surface area contributed by atoms with Crippen molar-refractivity contribution in [3.63, 3.8) is 0 Å². The summed E-state index contributed by atoms with van der Waals surface area (Å²) in [5, 5.41) is 3.31. The van der Waals surface area contributed by atoms with E-state index in [9.17, 15) is 0 Å². The maximum absolute atomic E-state index is 5.60. The van der Waals surface area contributed by atoms with Gasteiger partial charge in [0.1, 0.15) is 4.93 Å². The third kappa shape index (κ3) is 1.42. The fourth-order valence-electron chi connectivity index (χ4n) is 1.39. The summed E-state index contributed by atoms with van der Waals surface area (Å²) in [7, 11) is 0. The number of nitrogens with one attached hydrogen (secondary N) is 1. The fourth-order valence-corrected chi connectivity index (χ4v) is 2.55. The molecule has 0 aromatic carbocycles. The van der Waals surface area contributed by atoms with Crippen LogP contribution in [0.5, 0.6) is 0 Å². The summed E-state index contributed by atoms with van der Waals surface area (Å²) in [6, 6.07) is 0. The van der Waals surface area contributed by atoms with Crippen LogP contribution in [-0.4, -0.2) is 30.4 Å². The molecule has 0 aromatic heterocycles. The Hall–Kier alpha value is 0.560. The van der Waals surface area contributed by atoms with Gasteiger partial charge in [0, 0.05) is 12.3 Å². The molecule has 4 heteroatoms. The lowest BCUT2D eigenvalue weighted by Gasteiger charge is -2.18. The van der Waals surface area contributed by atoms with Crippen LogP contribution in [0.4, 0.5) is 0 Å². The fraction of sp³-hybridized carbons (Fsp3) is 1.00. The lowest BCUT2D eigenvalue weighted by molar-refractivity contribution is 0.0672. The van der Waals surface area contributed by atoms with Crippen LogP contribution in [0.25, 0.3) is 0 Å². The first-order valence-electron chi connectivity index (χ1n) is 3.40. The van der Waals surface area contributed by atoms with E-state index in [-0.39, 0.29) is 17.3 Å². The Morgan fingerprint density at radius 2 is 2.40 bits per heavy atom. The van der Waals surface area contributed by atoms with Gasteiger partial charge < -0.3 is 10.1 Å². The molecule has 1 spiro atoms. The highest BCUT2D eigenvalue weighted by Crippen LogP contribution is 2.37. The summed E-state index contributed by atoms with van der Waals surface area (Å²) in [6.45, 7) is 3.14. The molecule has 2 heterocycles. The molecular weight excluding hydrogens is 170 g/mol. The zero-order chi connectivity index (χ0) is 6.16. The molecule has 2 saturated heterocycles. The van der Waals surface area contributed by atoms with Crippen LogP contribution in [-0.2, 0) is 4.74 Å². The summed E-state index contributed by atoms with van der Waals surface area (Å²) in [6.07, 6.45) is 1.19. The van der Waals surface area contributed by atoms with Crippen LogP contribution >= 0.6 is 24.2 Å². The van der Waals surface area contributed by atoms with E-state index in [1.807, 2.05) is 11.8 Å². The Labute approximate surface area is 71.5 Å². The highest BCUT2D eigenvalue weighted by Gasteiger charge is 2.38. The van der Waals surface area contributed by atoms with Gasteiger partial charge in [-0.1, -0.05) is 0 Å². The van der Waals surface area contributed by atoms with E-state index in [2.05, 4.69) is 5.32 Å². The van der Waals surface area contributed by atoms with E-state index in [1.165, 1.54) is 12.2 Å². The minimum absolute atomic E-state index is 0. The molecule has 0 saturated carbocycles. The van der Waals surface area contributed by atoms with E-state index < -0.39 is 0 Å². The molecule has 2 fully saturated rings. The summed E-state index contributed by atoms with van der Waals surface area (Å²) in [4.78, 5) is 0.194. The lowest BCUT2D eigenvalue weighted by Crippen LogP contribution is -2.26. The van der Waals surface area contributed by atoms with E-state index >= 15 is 0 Å². The molecule has 1 N–H and O–H groups in total. The summed E-state index contributed by atoms with van der Waals surface area (Å²) in [5.74, 6) is 1.18. The molecule has 1 unspecified atom stereocenters. The molecule has 2 aliphatic heterocycles. The van der Waals surface area contributed by atoms with Gasteiger partial charge in [-0.3, -0.25) is 0 Å². The number of thioether (sulfide) groups is 1. The van der Waals surface area contributed by atoms with Gasteiger partial charge in [-0.05, 0) is 13.0 Å². The van der Waals surface area contributed by atoms with E-state index in [4.69, 9.17) is 4.74 Å². The van der Waals surface area contributed by atoms with E-state index in [0.717, 1.165) is 19.7 Å². The Bertz CT molecular complexity index is 92.8. The van der Waals surface area contributed by atoms with Gasteiger partial charge in [0.15, 0.2) is 0 Å². The summed E-state index contributed by atoms with van der Waals surface area (Å²) in [5.41, 5.74) is 0. The van der Waals surface area contributed by atoms with Crippen LogP contribution < -0.4 is 5.32 Å². The smallest absolute Gasteiger partial charge is 0.127 e. The molecule has 0 aliphatic carbocycles. The Kier molecular flexibility index (Phi) is 2.86. The van der Waals surface area contributed by atoms with Gasteiger partial charge in [-0.2, -0.15) is 0 Å². The van der Waals surface area contributed by atoms with E-state index in [0.29, 0.717) is 0 Å². The minimum atomic E-state index is 0. The van der Waals surface area contributed by atoms with Gasteiger partial charge in [0.2, 0.25) is 0 Å². The molecule has 0 aromatic rings. The topological polar surface area (TPSA) is 21.3 Å². The van der Waals surface area contributed by atoms with Crippen LogP contribution in [0, 0.1) is 0 Å². The summed E-state index contributed by atoms with van der Waals surface area (Å²) < 4.78 is 5.60. The number of ether oxygens (including phenoxy) is 1. The second-order valence-corrected chi connectivity index (χ2v) is 3.98. The zero-order valence-electron chi connectivity index (χ0n) is 5.76. The van der Waals surface area contributed by atoms with Crippen LogP contribution in [0.1, 0.15) is 6.42 Å². The molecular formula is C6H12ClNOS. The predicted molar refractivity (Wildman–Crippen MR) is 45.9 cm³/mol. The maximum Gasteiger partial charge on any atom is 0.127 e. The number of rotatable bonds is 0. The number of hydrogen-bond acceptors (Lipinski definition) is 3. The minimum Gasteiger partial charge on any atom is -0.362 e. The quantitative estimate of drug-likeness (QED) is 0.599. The Balaban J connectivity index is 0.000000500. The second kappa shape index (κ2) is 3.30. The van der Waals surface area contributed by atoms with Crippen LogP contribution in [0.3, 0.4) is 0 Å². The first-order chi connectivity index (χ1) is 4.41. The van der Waals surface area contributed by atoms with Gasteiger partial charge in [-0.15, -0.1) is 24.2 Å². The van der Waals surface area contributed by atoms with Gasteiger partial charge in [0.05, 0.1) is 6.61 Å². The molecule has 2 aliphatic rings. The molecule has 0 amide bonds. The van der Waals surface area contributed by atoms with E-state index in [1.54, 1.807) is 0 Å². The zero-order valence-corrected chi connectivity index (χ0v) is 7.39. The van der Waals surface area contributed by atoms with Crippen molar-refractivity contribution in [3.05, 3.63) is 0 Å². The van der Waals surface area contributed by atoms with Gasteiger partial charge in [0.25, 0.3) is 0 Å². The summed E-state index contributed by atoms with van der Waals surface area (Å²) >= 11 is 1.97. The second-order valence-electron chi connectivity index (χ2n) is 2.53. The molecule has 2 nitrogen and oxygen atoms in total. The molecule has 0 radical (unpaired) electrons. The van der Waals surface area contributed by atoms with Crippen molar-refractivity contribution in [2.24, 2.45) is 0 Å². The van der Waals surface area contributed by atoms with Crippen molar-refractivity contribution in [1.82, 2.24) is 5.32 Å². The van der Waals surface area contributed by atoms with Crippen molar-refractivity contribution >= 4 is 24.2 Å². The molecule has 60 valence electrons. The van der Waals surface area contributed by atoms with Gasteiger partial charge >= 0.3 is 0 Å². The molecule has 2 rings (SSSR count). The Morgan fingerprint density at radius 1 is 1.50 bits per heavy atom. The van der Waals surface area contributed by atoms with Crippen molar-refractivity contribution in [1.29, 1.82) is 0 Å². The third-order valence-electron chi connectivity index (χ3n) is 1.89. The Morgan fingerprint density at radius 3 is 2.90 bits per heavy atom. The monoisotopic (exact) mass is 181 g/mol. The van der Waals surface area contributed by atoms with Crippen molar-refractivity contribution in [2.45, 2.75) is 11.4 Å². The van der Waals surface area contributed by atoms with Crippen molar-refractivity contribution in [2.75, 3.05) is 25.4 Å². The third-order valence-corrected chi connectivity index (χ3v) is 3.25. The highest BCUT2D eigenvalue weighted by molar-refractivity contribution is 8.00. The first kappa shape index (κ1) is 8.65. The van der Waals surface area contributed by atoms with Crippen molar-refractivity contribution in [3.8, 4) is 0 Å². The van der Waals surface area contributed by atoms with Crippen molar-refractivity contribution < 1.29 is 4.74 Å². The largest absolute Gasteiger partial charge is 0.362 e. The number of halogens is 1. The number of hydrogen-bond donors (Lipinski definition) is 1.